The highest BCUT2D eigenvalue weighted by molar-refractivity contribution is 5.88. The Hall–Kier alpha value is -3.21. The maximum Gasteiger partial charge on any atom is 0.147 e. The standard InChI is InChI=1S/C18H15NO4/c1-2-11-9-19(12-3-5-13(21)6-4-12)16(10-20)18-15(11)7-14(22)8-17(18)23/h2-10,16,21-23H,1H2. The number of aromatic hydroxyl groups is 3. The highest BCUT2D eigenvalue weighted by Gasteiger charge is 2.30. The van der Waals surface area contributed by atoms with Crippen LogP contribution in [-0.2, 0) is 4.79 Å². The fourth-order valence-corrected chi connectivity index (χ4v) is 2.77. The van der Waals surface area contributed by atoms with Gasteiger partial charge in [-0.2, -0.15) is 0 Å². The molecule has 3 N–H and O–H groups in total. The van der Waals surface area contributed by atoms with Crippen LogP contribution in [0.25, 0.3) is 5.57 Å². The highest BCUT2D eigenvalue weighted by atomic mass is 16.3. The first kappa shape index (κ1) is 14.7. The van der Waals surface area contributed by atoms with Gasteiger partial charge in [-0.25, -0.2) is 0 Å². The summed E-state index contributed by atoms with van der Waals surface area (Å²) in [5, 5.41) is 29.3. The molecule has 3 rings (SSSR count). The van der Waals surface area contributed by atoms with E-state index in [-0.39, 0.29) is 17.2 Å². The molecule has 0 radical (unpaired) electrons. The fraction of sp³-hybridized carbons (Fsp3) is 0.0556. The Morgan fingerprint density at radius 1 is 1.04 bits per heavy atom. The summed E-state index contributed by atoms with van der Waals surface area (Å²) in [5.41, 5.74) is 2.31. The van der Waals surface area contributed by atoms with Crippen molar-refractivity contribution in [2.45, 2.75) is 6.04 Å². The Balaban J connectivity index is 2.22. The van der Waals surface area contributed by atoms with Crippen LogP contribution in [0.5, 0.6) is 17.2 Å². The Morgan fingerprint density at radius 2 is 1.74 bits per heavy atom. The topological polar surface area (TPSA) is 81.0 Å². The third-order valence-corrected chi connectivity index (χ3v) is 3.82. The number of phenols is 3. The van der Waals surface area contributed by atoms with Crippen molar-refractivity contribution in [1.29, 1.82) is 0 Å². The van der Waals surface area contributed by atoms with Gasteiger partial charge in [0.15, 0.2) is 0 Å². The Kier molecular flexibility index (Phi) is 3.54. The largest absolute Gasteiger partial charge is 0.508 e. The first-order valence-corrected chi connectivity index (χ1v) is 6.98. The van der Waals surface area contributed by atoms with E-state index >= 15 is 0 Å². The summed E-state index contributed by atoms with van der Waals surface area (Å²) in [4.78, 5) is 13.4. The summed E-state index contributed by atoms with van der Waals surface area (Å²) >= 11 is 0. The molecule has 0 aliphatic carbocycles. The van der Waals surface area contributed by atoms with Crippen molar-refractivity contribution in [3.05, 3.63) is 66.4 Å². The molecule has 2 aromatic carbocycles. The van der Waals surface area contributed by atoms with Gasteiger partial charge in [0, 0.05) is 23.5 Å². The van der Waals surface area contributed by atoms with Gasteiger partial charge >= 0.3 is 0 Å². The molecule has 23 heavy (non-hydrogen) atoms. The van der Waals surface area contributed by atoms with Crippen LogP contribution in [0.1, 0.15) is 17.2 Å². The molecule has 0 amide bonds. The summed E-state index contributed by atoms with van der Waals surface area (Å²) in [7, 11) is 0. The minimum absolute atomic E-state index is 0.0864. The number of aldehydes is 1. The van der Waals surface area contributed by atoms with Gasteiger partial charge in [0.2, 0.25) is 0 Å². The van der Waals surface area contributed by atoms with Crippen LogP contribution in [0.2, 0.25) is 0 Å². The zero-order valence-corrected chi connectivity index (χ0v) is 12.2. The third kappa shape index (κ3) is 2.42. The van der Waals surface area contributed by atoms with Crippen molar-refractivity contribution in [3.8, 4) is 17.2 Å². The molecular weight excluding hydrogens is 294 g/mol. The molecule has 1 aliphatic heterocycles. The molecule has 0 saturated carbocycles. The molecule has 0 bridgehead atoms. The minimum Gasteiger partial charge on any atom is -0.508 e. The summed E-state index contributed by atoms with van der Waals surface area (Å²) < 4.78 is 0. The average Bonchev–Trinajstić information content (AvgIpc) is 2.54. The number of hydrogen-bond donors (Lipinski definition) is 3. The Morgan fingerprint density at radius 3 is 2.35 bits per heavy atom. The summed E-state index contributed by atoms with van der Waals surface area (Å²) in [6, 6.07) is 8.33. The second kappa shape index (κ2) is 5.53. The number of benzene rings is 2. The fourth-order valence-electron chi connectivity index (χ4n) is 2.77. The van der Waals surface area contributed by atoms with Gasteiger partial charge in [0.1, 0.15) is 29.6 Å². The monoisotopic (exact) mass is 309 g/mol. The van der Waals surface area contributed by atoms with Crippen molar-refractivity contribution in [2.24, 2.45) is 0 Å². The lowest BCUT2D eigenvalue weighted by atomic mass is 9.90. The number of hydrogen-bond acceptors (Lipinski definition) is 5. The van der Waals surface area contributed by atoms with E-state index in [0.717, 1.165) is 6.29 Å². The van der Waals surface area contributed by atoms with Crippen molar-refractivity contribution in [3.63, 3.8) is 0 Å². The van der Waals surface area contributed by atoms with E-state index in [9.17, 15) is 20.1 Å². The molecule has 2 aromatic rings. The van der Waals surface area contributed by atoms with Gasteiger partial charge in [-0.05, 0) is 41.5 Å². The van der Waals surface area contributed by atoms with E-state index in [1.807, 2.05) is 0 Å². The number of anilines is 1. The minimum atomic E-state index is -0.751. The van der Waals surface area contributed by atoms with Gasteiger partial charge < -0.3 is 25.0 Å². The van der Waals surface area contributed by atoms with Crippen LogP contribution in [0.3, 0.4) is 0 Å². The van der Waals surface area contributed by atoms with Crippen LogP contribution >= 0.6 is 0 Å². The second-order valence-electron chi connectivity index (χ2n) is 5.22. The maximum absolute atomic E-state index is 11.7. The van der Waals surface area contributed by atoms with Crippen LogP contribution < -0.4 is 4.90 Å². The number of allylic oxidation sites excluding steroid dienone is 2. The molecule has 0 spiro atoms. The molecule has 5 nitrogen and oxygen atoms in total. The van der Waals surface area contributed by atoms with E-state index in [1.54, 1.807) is 29.3 Å². The van der Waals surface area contributed by atoms with E-state index in [2.05, 4.69) is 6.58 Å². The predicted octanol–water partition coefficient (Wildman–Crippen LogP) is 3.09. The number of phenolic OH excluding ortho intramolecular Hbond substituents is 3. The van der Waals surface area contributed by atoms with Gasteiger partial charge in [-0.1, -0.05) is 12.7 Å². The third-order valence-electron chi connectivity index (χ3n) is 3.82. The number of carbonyl (C=O) groups is 1. The van der Waals surface area contributed by atoms with Crippen LogP contribution in [0.15, 0.2) is 55.3 Å². The van der Waals surface area contributed by atoms with Gasteiger partial charge in [-0.15, -0.1) is 0 Å². The van der Waals surface area contributed by atoms with Crippen molar-refractivity contribution in [2.75, 3.05) is 4.90 Å². The van der Waals surface area contributed by atoms with Crippen LogP contribution in [-0.4, -0.2) is 21.6 Å². The Labute approximate surface area is 133 Å². The van der Waals surface area contributed by atoms with Crippen LogP contribution in [0, 0.1) is 0 Å². The first-order chi connectivity index (χ1) is 11.0. The molecule has 0 saturated heterocycles. The van der Waals surface area contributed by atoms with Crippen molar-refractivity contribution >= 4 is 17.5 Å². The number of nitrogens with zero attached hydrogens (tertiary/aromatic N) is 1. The molecule has 0 fully saturated rings. The van der Waals surface area contributed by atoms with Crippen molar-refractivity contribution < 1.29 is 20.1 Å². The zero-order valence-electron chi connectivity index (χ0n) is 12.2. The molecular formula is C18H15NO4. The normalized spacial score (nSPS) is 16.4. The molecule has 1 aliphatic rings. The highest BCUT2D eigenvalue weighted by Crippen LogP contribution is 2.43. The van der Waals surface area contributed by atoms with Crippen LogP contribution in [0.4, 0.5) is 5.69 Å². The maximum atomic E-state index is 11.7. The zero-order chi connectivity index (χ0) is 16.6. The molecule has 0 aromatic heterocycles. The summed E-state index contributed by atoms with van der Waals surface area (Å²) in [6.45, 7) is 3.75. The molecule has 116 valence electrons. The lowest BCUT2D eigenvalue weighted by Gasteiger charge is -2.34. The van der Waals surface area contributed by atoms with Gasteiger partial charge in [-0.3, -0.25) is 0 Å². The Bertz CT molecular complexity index is 809. The molecule has 1 heterocycles. The quantitative estimate of drug-likeness (QED) is 0.759. The van der Waals surface area contributed by atoms with Gasteiger partial charge in [0.25, 0.3) is 0 Å². The predicted molar refractivity (Wildman–Crippen MR) is 87.3 cm³/mol. The smallest absolute Gasteiger partial charge is 0.147 e. The second-order valence-corrected chi connectivity index (χ2v) is 5.22. The summed E-state index contributed by atoms with van der Waals surface area (Å²) in [5.74, 6) is -0.125. The molecule has 1 atom stereocenters. The average molecular weight is 309 g/mol. The molecule has 5 heteroatoms. The SMILES string of the molecule is C=CC1=CN(c2ccc(O)cc2)C(C=O)c2c(O)cc(O)cc21. The first-order valence-electron chi connectivity index (χ1n) is 6.98. The lowest BCUT2D eigenvalue weighted by Crippen LogP contribution is -2.28. The summed E-state index contributed by atoms with van der Waals surface area (Å²) in [6.07, 6.45) is 4.03. The lowest BCUT2D eigenvalue weighted by molar-refractivity contribution is -0.109. The number of fused-ring (bicyclic) bond motifs is 1. The van der Waals surface area contributed by atoms with E-state index in [0.29, 0.717) is 22.4 Å². The number of rotatable bonds is 3. The van der Waals surface area contributed by atoms with Gasteiger partial charge in [0.05, 0.1) is 0 Å². The van der Waals surface area contributed by atoms with E-state index < -0.39 is 6.04 Å². The molecule has 1 unspecified atom stereocenters. The van der Waals surface area contributed by atoms with Crippen molar-refractivity contribution in [1.82, 2.24) is 0 Å². The number of carbonyl (C=O) groups excluding carboxylic acids is 1. The van der Waals surface area contributed by atoms with E-state index in [4.69, 9.17) is 0 Å². The van der Waals surface area contributed by atoms with E-state index in [1.165, 1.54) is 24.3 Å².